The van der Waals surface area contributed by atoms with E-state index in [1.807, 2.05) is 0 Å². The second-order valence-corrected chi connectivity index (χ2v) is 13.0. The maximum atomic E-state index is 6.13. The van der Waals surface area contributed by atoms with E-state index >= 15 is 0 Å². The Bertz CT molecular complexity index is 252. The molecular weight excluding hydrogens is 320 g/mol. The van der Waals surface area contributed by atoms with Crippen molar-refractivity contribution in [2.75, 3.05) is 6.61 Å². The number of unbranched alkanes of at least 4 members (excludes halogenated alkanes) is 15. The van der Waals surface area contributed by atoms with Gasteiger partial charge in [-0.05, 0) is 25.6 Å². The predicted molar refractivity (Wildman–Crippen MR) is 118 cm³/mol. The molecule has 0 amide bonds. The first-order chi connectivity index (χ1) is 12.1. The van der Waals surface area contributed by atoms with Gasteiger partial charge >= 0.3 is 0 Å². The lowest BCUT2D eigenvalue weighted by Crippen LogP contribution is -2.30. The molecule has 1 nitrogen and oxygen atoms in total. The number of rotatable bonds is 20. The molecule has 0 saturated carbocycles. The maximum absolute atomic E-state index is 6.13. The molecule has 0 N–H and O–H groups in total. The van der Waals surface area contributed by atoms with Crippen LogP contribution in [0.4, 0.5) is 0 Å². The van der Waals surface area contributed by atoms with Crippen LogP contribution in [-0.2, 0) is 4.43 Å². The van der Waals surface area contributed by atoms with Crippen LogP contribution in [0, 0.1) is 0 Å². The first kappa shape index (κ1) is 25.2. The van der Waals surface area contributed by atoms with E-state index in [-0.39, 0.29) is 0 Å². The van der Waals surface area contributed by atoms with Gasteiger partial charge in [0.25, 0.3) is 0 Å². The zero-order valence-electron chi connectivity index (χ0n) is 18.3. The van der Waals surface area contributed by atoms with Crippen LogP contribution >= 0.6 is 0 Å². The van der Waals surface area contributed by atoms with Gasteiger partial charge < -0.3 is 4.43 Å². The van der Waals surface area contributed by atoms with Gasteiger partial charge in [0.15, 0.2) is 8.32 Å². The lowest BCUT2D eigenvalue weighted by atomic mass is 10.0. The van der Waals surface area contributed by atoms with Crippen LogP contribution in [0.5, 0.6) is 0 Å². The fraction of sp³-hybridized carbons (Fsp3) is 1.00. The van der Waals surface area contributed by atoms with Crippen molar-refractivity contribution in [3.63, 3.8) is 0 Å². The summed E-state index contributed by atoms with van der Waals surface area (Å²) in [6.45, 7) is 10.3. The standard InChI is InChI=1S/C23H50OSi/c1-5-7-8-9-10-11-12-13-14-15-16-17-18-19-20-21-22-24-25(3,4)23-6-2/h5-23H2,1-4H3. The minimum atomic E-state index is -1.31. The van der Waals surface area contributed by atoms with E-state index in [2.05, 4.69) is 26.9 Å². The molecule has 25 heavy (non-hydrogen) atoms. The molecule has 0 radical (unpaired) electrons. The molecule has 0 aromatic carbocycles. The van der Waals surface area contributed by atoms with E-state index in [1.165, 1.54) is 115 Å². The third-order valence-electron chi connectivity index (χ3n) is 5.34. The Morgan fingerprint density at radius 1 is 0.480 bits per heavy atom. The highest BCUT2D eigenvalue weighted by molar-refractivity contribution is 6.71. The van der Waals surface area contributed by atoms with Gasteiger partial charge in [-0.25, -0.2) is 0 Å². The summed E-state index contributed by atoms with van der Waals surface area (Å²) >= 11 is 0. The van der Waals surface area contributed by atoms with Crippen LogP contribution in [0.15, 0.2) is 0 Å². The number of hydrogen-bond donors (Lipinski definition) is 0. The molecule has 0 aliphatic carbocycles. The summed E-state index contributed by atoms with van der Waals surface area (Å²) in [5, 5.41) is 0. The monoisotopic (exact) mass is 370 g/mol. The molecule has 0 aliphatic heterocycles. The van der Waals surface area contributed by atoms with Gasteiger partial charge in [0.05, 0.1) is 0 Å². The van der Waals surface area contributed by atoms with Crippen molar-refractivity contribution >= 4 is 8.32 Å². The van der Waals surface area contributed by atoms with Gasteiger partial charge in [-0.3, -0.25) is 0 Å². The average Bonchev–Trinajstić information content (AvgIpc) is 2.57. The Morgan fingerprint density at radius 3 is 1.20 bits per heavy atom. The summed E-state index contributed by atoms with van der Waals surface area (Å²) in [6.07, 6.45) is 24.3. The zero-order chi connectivity index (χ0) is 18.6. The van der Waals surface area contributed by atoms with E-state index in [0.29, 0.717) is 0 Å². The van der Waals surface area contributed by atoms with Crippen LogP contribution in [0.1, 0.15) is 123 Å². The maximum Gasteiger partial charge on any atom is 0.186 e. The largest absolute Gasteiger partial charge is 0.417 e. The molecule has 0 fully saturated rings. The highest BCUT2D eigenvalue weighted by Gasteiger charge is 2.20. The second kappa shape index (κ2) is 19.0. The molecule has 0 rings (SSSR count). The van der Waals surface area contributed by atoms with E-state index in [9.17, 15) is 0 Å². The minimum Gasteiger partial charge on any atom is -0.417 e. The Kier molecular flexibility index (Phi) is 19.1. The molecule has 0 saturated heterocycles. The van der Waals surface area contributed by atoms with Crippen LogP contribution in [-0.4, -0.2) is 14.9 Å². The molecule has 0 heterocycles. The highest BCUT2D eigenvalue weighted by Crippen LogP contribution is 2.16. The van der Waals surface area contributed by atoms with Crippen molar-refractivity contribution in [2.24, 2.45) is 0 Å². The van der Waals surface area contributed by atoms with Crippen LogP contribution in [0.25, 0.3) is 0 Å². The van der Waals surface area contributed by atoms with Crippen molar-refractivity contribution in [2.45, 2.75) is 142 Å². The Labute approximate surface area is 161 Å². The van der Waals surface area contributed by atoms with Crippen molar-refractivity contribution in [3.8, 4) is 0 Å². The highest BCUT2D eigenvalue weighted by atomic mass is 28.4. The van der Waals surface area contributed by atoms with Crippen LogP contribution in [0.3, 0.4) is 0 Å². The molecular formula is C23H50OSi. The second-order valence-electron chi connectivity index (χ2n) is 8.66. The van der Waals surface area contributed by atoms with Gasteiger partial charge in [-0.1, -0.05) is 117 Å². The van der Waals surface area contributed by atoms with E-state index in [4.69, 9.17) is 4.43 Å². The fourth-order valence-electron chi connectivity index (χ4n) is 3.67. The first-order valence-corrected chi connectivity index (χ1v) is 14.9. The summed E-state index contributed by atoms with van der Waals surface area (Å²) in [7, 11) is -1.31. The molecule has 0 aliphatic rings. The summed E-state index contributed by atoms with van der Waals surface area (Å²) in [5.41, 5.74) is 0. The topological polar surface area (TPSA) is 9.23 Å². The normalized spacial score (nSPS) is 12.0. The van der Waals surface area contributed by atoms with Gasteiger partial charge in [0.2, 0.25) is 0 Å². The zero-order valence-corrected chi connectivity index (χ0v) is 19.3. The van der Waals surface area contributed by atoms with Crippen LogP contribution in [0.2, 0.25) is 19.1 Å². The molecule has 0 bridgehead atoms. The smallest absolute Gasteiger partial charge is 0.186 e. The minimum absolute atomic E-state index is 1.01. The summed E-state index contributed by atoms with van der Waals surface area (Å²) in [4.78, 5) is 0. The Morgan fingerprint density at radius 2 is 0.840 bits per heavy atom. The van der Waals surface area contributed by atoms with Crippen molar-refractivity contribution < 1.29 is 4.43 Å². The molecule has 0 atom stereocenters. The first-order valence-electron chi connectivity index (χ1n) is 11.8. The fourth-order valence-corrected chi connectivity index (χ4v) is 5.72. The Balaban J connectivity index is 3.10. The lowest BCUT2D eigenvalue weighted by molar-refractivity contribution is 0.293. The molecule has 2 heteroatoms. The molecule has 0 spiro atoms. The summed E-state index contributed by atoms with van der Waals surface area (Å²) < 4.78 is 6.13. The van der Waals surface area contributed by atoms with Gasteiger partial charge in [-0.15, -0.1) is 0 Å². The van der Waals surface area contributed by atoms with Gasteiger partial charge in [0.1, 0.15) is 0 Å². The third-order valence-corrected chi connectivity index (χ3v) is 8.03. The molecule has 0 unspecified atom stereocenters. The van der Waals surface area contributed by atoms with Crippen LogP contribution < -0.4 is 0 Å². The molecule has 152 valence electrons. The van der Waals surface area contributed by atoms with Crippen molar-refractivity contribution in [1.29, 1.82) is 0 Å². The average molecular weight is 371 g/mol. The van der Waals surface area contributed by atoms with E-state index in [1.54, 1.807) is 0 Å². The van der Waals surface area contributed by atoms with E-state index < -0.39 is 8.32 Å². The summed E-state index contributed by atoms with van der Waals surface area (Å²) in [5.74, 6) is 0. The molecule has 0 aromatic rings. The van der Waals surface area contributed by atoms with Gasteiger partial charge in [0, 0.05) is 6.61 Å². The van der Waals surface area contributed by atoms with E-state index in [0.717, 1.165) is 6.61 Å². The number of hydrogen-bond acceptors (Lipinski definition) is 1. The quantitative estimate of drug-likeness (QED) is 0.153. The molecule has 0 aromatic heterocycles. The van der Waals surface area contributed by atoms with Gasteiger partial charge in [-0.2, -0.15) is 0 Å². The SMILES string of the molecule is CCCCCCCCCCCCCCCCCCO[Si](C)(C)CCC. The van der Waals surface area contributed by atoms with Crippen molar-refractivity contribution in [3.05, 3.63) is 0 Å². The lowest BCUT2D eigenvalue weighted by Gasteiger charge is -2.22. The van der Waals surface area contributed by atoms with Crippen molar-refractivity contribution in [1.82, 2.24) is 0 Å². The predicted octanol–water partition coefficient (Wildman–Crippen LogP) is 8.88. The summed E-state index contributed by atoms with van der Waals surface area (Å²) in [6, 6.07) is 1.31. The Hall–Kier alpha value is 0.177. The third kappa shape index (κ3) is 20.3.